The van der Waals surface area contributed by atoms with Crippen LogP contribution in [0.25, 0.3) is 17.0 Å². The van der Waals surface area contributed by atoms with Crippen molar-refractivity contribution in [1.82, 2.24) is 10.3 Å². The van der Waals surface area contributed by atoms with Crippen LogP contribution in [0.15, 0.2) is 120 Å². The van der Waals surface area contributed by atoms with E-state index in [0.29, 0.717) is 21.8 Å². The van der Waals surface area contributed by atoms with Crippen molar-refractivity contribution in [3.63, 3.8) is 0 Å². The minimum absolute atomic E-state index is 0.0244. The van der Waals surface area contributed by atoms with Gasteiger partial charge < -0.3 is 15.6 Å². The summed E-state index contributed by atoms with van der Waals surface area (Å²) in [5, 5.41) is 7.15. The molecule has 3 N–H and O–H groups in total. The molecule has 2 amide bonds. The molecule has 0 saturated heterocycles. The van der Waals surface area contributed by atoms with Gasteiger partial charge in [-0.1, -0.05) is 54.1 Å². The predicted octanol–water partition coefficient (Wildman–Crippen LogP) is 7.21. The number of amides is 2. The fourth-order valence-corrected chi connectivity index (χ4v) is 5.02. The normalized spacial score (nSPS) is 11.3. The smallest absolute Gasteiger partial charge is 0.272 e. The average Bonchev–Trinajstić information content (AvgIpc) is 3.39. The van der Waals surface area contributed by atoms with Crippen molar-refractivity contribution in [2.45, 2.75) is 4.90 Å². The van der Waals surface area contributed by atoms with Crippen LogP contribution in [0.2, 0.25) is 5.02 Å². The van der Waals surface area contributed by atoms with Crippen molar-refractivity contribution in [1.29, 1.82) is 0 Å². The molecule has 1 heterocycles. The highest BCUT2D eigenvalue weighted by Gasteiger charge is 2.16. The number of fused-ring (bicyclic) bond motifs is 1. The summed E-state index contributed by atoms with van der Waals surface area (Å²) < 4.78 is 0. The van der Waals surface area contributed by atoms with E-state index in [1.165, 1.54) is 11.8 Å². The van der Waals surface area contributed by atoms with Crippen LogP contribution in [0.3, 0.4) is 0 Å². The first-order chi connectivity index (χ1) is 19.5. The molecule has 4 aromatic carbocycles. The molecule has 0 saturated carbocycles. The first-order valence-electron chi connectivity index (χ1n) is 12.4. The molecule has 0 atom stereocenters. The van der Waals surface area contributed by atoms with Crippen molar-refractivity contribution >= 4 is 63.6 Å². The van der Waals surface area contributed by atoms with E-state index in [9.17, 15) is 14.4 Å². The van der Waals surface area contributed by atoms with Gasteiger partial charge in [0.2, 0.25) is 0 Å². The van der Waals surface area contributed by atoms with Gasteiger partial charge in [0.15, 0.2) is 5.78 Å². The van der Waals surface area contributed by atoms with E-state index in [0.717, 1.165) is 21.4 Å². The number of benzene rings is 4. The molecule has 0 bridgehead atoms. The van der Waals surface area contributed by atoms with E-state index < -0.39 is 11.8 Å². The van der Waals surface area contributed by atoms with E-state index in [4.69, 9.17) is 11.6 Å². The highest BCUT2D eigenvalue weighted by molar-refractivity contribution is 8.00. The lowest BCUT2D eigenvalue weighted by atomic mass is 10.1. The zero-order valence-corrected chi connectivity index (χ0v) is 22.8. The molecule has 6 nitrogen and oxygen atoms in total. The number of aromatic amines is 1. The molecule has 0 spiro atoms. The van der Waals surface area contributed by atoms with Gasteiger partial charge >= 0.3 is 0 Å². The molecule has 8 heteroatoms. The van der Waals surface area contributed by atoms with Crippen LogP contribution in [0.1, 0.15) is 26.3 Å². The number of para-hydroxylation sites is 1. The maximum absolute atomic E-state index is 13.5. The number of carbonyl (C=O) groups is 3. The van der Waals surface area contributed by atoms with Crippen molar-refractivity contribution in [2.24, 2.45) is 0 Å². The summed E-state index contributed by atoms with van der Waals surface area (Å²) in [7, 11) is 0. The van der Waals surface area contributed by atoms with E-state index in [1.54, 1.807) is 79.0 Å². The topological polar surface area (TPSA) is 91.1 Å². The number of ketones is 1. The number of hydrogen-bond donors (Lipinski definition) is 3. The van der Waals surface area contributed by atoms with Gasteiger partial charge in [-0.15, -0.1) is 11.8 Å². The van der Waals surface area contributed by atoms with E-state index in [2.05, 4.69) is 15.6 Å². The van der Waals surface area contributed by atoms with Gasteiger partial charge in [0.05, 0.1) is 5.75 Å². The third-order valence-electron chi connectivity index (χ3n) is 6.08. The number of anilines is 1. The summed E-state index contributed by atoms with van der Waals surface area (Å²) in [5.41, 5.74) is 3.33. The number of rotatable bonds is 9. The van der Waals surface area contributed by atoms with Gasteiger partial charge in [-0.2, -0.15) is 0 Å². The second-order valence-electron chi connectivity index (χ2n) is 8.87. The summed E-state index contributed by atoms with van der Waals surface area (Å²) in [6.45, 7) is 0. The SMILES string of the molecule is O=C(Nc1cccc(SCC(=O)c2ccc(Cl)cc2)c1)/C(=C/c1c[nH]c2ccccc12)NC(=O)c1ccccc1. The Hall–Kier alpha value is -4.59. The highest BCUT2D eigenvalue weighted by Crippen LogP contribution is 2.24. The first-order valence-corrected chi connectivity index (χ1v) is 13.8. The largest absolute Gasteiger partial charge is 0.361 e. The van der Waals surface area contributed by atoms with Crippen LogP contribution >= 0.6 is 23.4 Å². The molecule has 0 aliphatic heterocycles. The number of carbonyl (C=O) groups excluding carboxylic acids is 3. The van der Waals surface area contributed by atoms with Crippen molar-refractivity contribution < 1.29 is 14.4 Å². The predicted molar refractivity (Wildman–Crippen MR) is 162 cm³/mol. The zero-order valence-electron chi connectivity index (χ0n) is 21.2. The Morgan fingerprint density at radius 3 is 2.38 bits per heavy atom. The lowest BCUT2D eigenvalue weighted by Gasteiger charge is -2.12. The van der Waals surface area contributed by atoms with Gasteiger partial charge in [0, 0.05) is 49.4 Å². The molecule has 0 aliphatic carbocycles. The van der Waals surface area contributed by atoms with E-state index in [1.807, 2.05) is 36.4 Å². The summed E-state index contributed by atoms with van der Waals surface area (Å²) in [6, 6.07) is 30.4. The van der Waals surface area contributed by atoms with E-state index >= 15 is 0 Å². The Morgan fingerprint density at radius 1 is 0.825 bits per heavy atom. The Kier molecular flexibility index (Phi) is 8.44. The molecule has 40 heavy (non-hydrogen) atoms. The Balaban J connectivity index is 1.34. The minimum Gasteiger partial charge on any atom is -0.361 e. The Morgan fingerprint density at radius 2 is 1.57 bits per heavy atom. The zero-order chi connectivity index (χ0) is 27.9. The molecular formula is C32H24ClN3O3S. The fraction of sp³-hybridized carbons (Fsp3) is 0.0312. The summed E-state index contributed by atoms with van der Waals surface area (Å²) in [6.07, 6.45) is 3.44. The van der Waals surface area contributed by atoms with Crippen molar-refractivity contribution in [3.8, 4) is 0 Å². The number of aromatic nitrogens is 1. The maximum atomic E-state index is 13.5. The maximum Gasteiger partial charge on any atom is 0.272 e. The molecule has 5 rings (SSSR count). The van der Waals surface area contributed by atoms with Gasteiger partial charge in [-0.05, 0) is 66.7 Å². The number of thioether (sulfide) groups is 1. The Bertz CT molecular complexity index is 1710. The average molecular weight is 566 g/mol. The summed E-state index contributed by atoms with van der Waals surface area (Å²) >= 11 is 7.28. The molecule has 0 aliphatic rings. The first kappa shape index (κ1) is 27.0. The molecular weight excluding hydrogens is 542 g/mol. The van der Waals surface area contributed by atoms with Gasteiger partial charge in [-0.25, -0.2) is 0 Å². The third-order valence-corrected chi connectivity index (χ3v) is 7.32. The highest BCUT2D eigenvalue weighted by atomic mass is 35.5. The summed E-state index contributed by atoms with van der Waals surface area (Å²) in [5.74, 6) is -0.665. The van der Waals surface area contributed by atoms with Crippen LogP contribution < -0.4 is 10.6 Å². The van der Waals surface area contributed by atoms with Gasteiger partial charge in [0.1, 0.15) is 5.70 Å². The van der Waals surface area contributed by atoms with Crippen LogP contribution in [-0.4, -0.2) is 28.3 Å². The van der Waals surface area contributed by atoms with Crippen LogP contribution in [0, 0.1) is 0 Å². The standard InChI is InChI=1S/C32H24ClN3O3S/c33-24-15-13-21(14-16-24)30(37)20-40-26-10-6-9-25(18-26)35-32(39)29(36-31(38)22-7-2-1-3-8-22)17-23-19-34-28-12-5-4-11-27(23)28/h1-19,34H,20H2,(H,35,39)(H,36,38)/b29-17-. The van der Waals surface area contributed by atoms with Gasteiger partial charge in [0.25, 0.3) is 11.8 Å². The number of hydrogen-bond acceptors (Lipinski definition) is 4. The molecule has 5 aromatic rings. The van der Waals surface area contributed by atoms with Crippen LogP contribution in [0.5, 0.6) is 0 Å². The minimum atomic E-state index is -0.478. The van der Waals surface area contributed by atoms with Gasteiger partial charge in [-0.3, -0.25) is 14.4 Å². The van der Waals surface area contributed by atoms with E-state index in [-0.39, 0.29) is 17.2 Å². The summed E-state index contributed by atoms with van der Waals surface area (Å²) in [4.78, 5) is 43.0. The molecule has 0 fully saturated rings. The second kappa shape index (κ2) is 12.5. The molecule has 0 unspecified atom stereocenters. The number of halogens is 1. The Labute approximate surface area is 240 Å². The molecule has 198 valence electrons. The lowest BCUT2D eigenvalue weighted by molar-refractivity contribution is -0.113. The number of Topliss-reactive ketones (excluding diaryl/α,β-unsaturated/α-hetero) is 1. The molecule has 1 aromatic heterocycles. The second-order valence-corrected chi connectivity index (χ2v) is 10.4. The van der Waals surface area contributed by atoms with Crippen LogP contribution in [0.4, 0.5) is 5.69 Å². The van der Waals surface area contributed by atoms with Crippen molar-refractivity contribution in [3.05, 3.63) is 137 Å². The third kappa shape index (κ3) is 6.69. The fourth-order valence-electron chi connectivity index (χ4n) is 4.04. The number of nitrogens with one attached hydrogen (secondary N) is 3. The number of H-pyrrole nitrogens is 1. The van der Waals surface area contributed by atoms with Crippen LogP contribution in [-0.2, 0) is 4.79 Å². The lowest BCUT2D eigenvalue weighted by Crippen LogP contribution is -2.30. The molecule has 0 radical (unpaired) electrons. The quantitative estimate of drug-likeness (QED) is 0.100. The van der Waals surface area contributed by atoms with Crippen molar-refractivity contribution in [2.75, 3.05) is 11.1 Å². The monoisotopic (exact) mass is 565 g/mol.